The average Bonchev–Trinajstić information content (AvgIpc) is 2.16. The summed E-state index contributed by atoms with van der Waals surface area (Å²) in [6.07, 6.45) is 0. The van der Waals surface area contributed by atoms with Gasteiger partial charge in [-0.05, 0) is 12.1 Å². The second-order valence-corrected chi connectivity index (χ2v) is 3.92. The van der Waals surface area contributed by atoms with E-state index in [1.807, 2.05) is 0 Å². The highest BCUT2D eigenvalue weighted by Crippen LogP contribution is 2.07. The maximum absolute atomic E-state index is 11.5. The molecule has 0 radical (unpaired) electrons. The molecule has 0 atom stereocenters. The van der Waals surface area contributed by atoms with Crippen molar-refractivity contribution in [1.29, 1.82) is 0 Å². The Morgan fingerprint density at radius 3 is 2.29 bits per heavy atom. The zero-order valence-electron chi connectivity index (χ0n) is 6.85. The van der Waals surface area contributed by atoms with Gasteiger partial charge in [-0.25, -0.2) is 13.3 Å². The molecule has 7 heteroatoms. The van der Waals surface area contributed by atoms with E-state index in [2.05, 4.69) is 4.84 Å². The molecule has 0 aliphatic rings. The van der Waals surface area contributed by atoms with E-state index in [9.17, 15) is 17.2 Å². The molecule has 0 aliphatic heterocycles. The number of rotatable bonds is 4. The first-order valence-corrected chi connectivity index (χ1v) is 5.01. The molecule has 0 saturated carbocycles. The summed E-state index contributed by atoms with van der Waals surface area (Å²) < 4.78 is 45.4. The third-order valence-corrected chi connectivity index (χ3v) is 2.51. The summed E-state index contributed by atoms with van der Waals surface area (Å²) in [5.41, 5.74) is 0. The summed E-state index contributed by atoms with van der Waals surface area (Å²) in [5.74, 6) is 0. The van der Waals surface area contributed by atoms with Crippen LogP contribution in [-0.4, -0.2) is 15.0 Å². The molecule has 0 unspecified atom stereocenters. The van der Waals surface area contributed by atoms with Gasteiger partial charge in [0, 0.05) is 0 Å². The Bertz CT molecular complexity index is 379. The minimum Gasteiger partial charge on any atom is -0.219 e. The summed E-state index contributed by atoms with van der Waals surface area (Å²) >= 11 is 0. The Morgan fingerprint density at radius 2 is 1.79 bits per heavy atom. The first-order chi connectivity index (χ1) is 6.52. The number of benzene rings is 1. The largest absolute Gasteiger partial charge is 0.361 e. The summed E-state index contributed by atoms with van der Waals surface area (Å²) in [5, 5.41) is 0. The van der Waals surface area contributed by atoms with Crippen LogP contribution in [-0.2, 0) is 14.9 Å². The van der Waals surface area contributed by atoms with Crippen molar-refractivity contribution in [3.8, 4) is 0 Å². The summed E-state index contributed by atoms with van der Waals surface area (Å²) in [6, 6.07) is 7.06. The second-order valence-electron chi connectivity index (χ2n) is 2.28. The summed E-state index contributed by atoms with van der Waals surface area (Å²) in [7, 11) is -4.01. The van der Waals surface area contributed by atoms with Gasteiger partial charge in [-0.3, -0.25) is 0 Å². The van der Waals surface area contributed by atoms with Gasteiger partial charge in [-0.2, -0.15) is 8.78 Å². The molecule has 0 aliphatic carbocycles. The molecule has 78 valence electrons. The summed E-state index contributed by atoms with van der Waals surface area (Å²) in [6.45, 7) is -3.19. The van der Waals surface area contributed by atoms with Crippen molar-refractivity contribution >= 4 is 10.0 Å². The minimum absolute atomic E-state index is 0.138. The fourth-order valence-electron chi connectivity index (χ4n) is 0.747. The molecule has 0 spiro atoms. The predicted octanol–water partition coefficient (Wildman–Crippen LogP) is 1.12. The number of sulfonamides is 1. The quantitative estimate of drug-likeness (QED) is 0.778. The topological polar surface area (TPSA) is 55.4 Å². The van der Waals surface area contributed by atoms with Crippen LogP contribution in [0.1, 0.15) is 0 Å². The van der Waals surface area contributed by atoms with Crippen molar-refractivity contribution in [2.75, 3.05) is 0 Å². The van der Waals surface area contributed by atoms with Crippen molar-refractivity contribution in [2.24, 2.45) is 0 Å². The van der Waals surface area contributed by atoms with Crippen LogP contribution in [0.15, 0.2) is 35.2 Å². The number of halogens is 2. The van der Waals surface area contributed by atoms with Crippen molar-refractivity contribution < 1.29 is 22.0 Å². The van der Waals surface area contributed by atoms with E-state index >= 15 is 0 Å². The van der Waals surface area contributed by atoms with Gasteiger partial charge in [0.15, 0.2) is 0 Å². The molecule has 4 nitrogen and oxygen atoms in total. The molecular formula is C7H7F2NO3S. The molecule has 0 aromatic heterocycles. The SMILES string of the molecule is O=S(=O)(NOC(F)F)c1ccccc1. The van der Waals surface area contributed by atoms with Gasteiger partial charge >= 0.3 is 6.61 Å². The van der Waals surface area contributed by atoms with Gasteiger partial charge in [-0.1, -0.05) is 23.1 Å². The first-order valence-electron chi connectivity index (χ1n) is 3.53. The highest BCUT2D eigenvalue weighted by Gasteiger charge is 2.15. The number of nitrogens with one attached hydrogen (secondary N) is 1. The van der Waals surface area contributed by atoms with E-state index in [1.54, 1.807) is 6.07 Å². The van der Waals surface area contributed by atoms with E-state index in [0.29, 0.717) is 0 Å². The van der Waals surface area contributed by atoms with Gasteiger partial charge in [0.1, 0.15) is 0 Å². The Balaban J connectivity index is 2.77. The molecule has 1 aromatic rings. The van der Waals surface area contributed by atoms with Gasteiger partial charge in [0.2, 0.25) is 0 Å². The zero-order chi connectivity index (χ0) is 10.6. The van der Waals surface area contributed by atoms with E-state index in [0.717, 1.165) is 0 Å². The van der Waals surface area contributed by atoms with Crippen LogP contribution >= 0.6 is 0 Å². The molecule has 1 N–H and O–H groups in total. The average molecular weight is 223 g/mol. The van der Waals surface area contributed by atoms with E-state index < -0.39 is 16.6 Å². The van der Waals surface area contributed by atoms with E-state index in [-0.39, 0.29) is 4.90 Å². The van der Waals surface area contributed by atoms with Crippen LogP contribution in [0.2, 0.25) is 0 Å². The molecule has 0 heterocycles. The van der Waals surface area contributed by atoms with Crippen molar-refractivity contribution in [1.82, 2.24) is 4.89 Å². The van der Waals surface area contributed by atoms with E-state index in [4.69, 9.17) is 0 Å². The minimum atomic E-state index is -4.01. The van der Waals surface area contributed by atoms with Crippen LogP contribution in [0.5, 0.6) is 0 Å². The lowest BCUT2D eigenvalue weighted by molar-refractivity contribution is -0.150. The standard InChI is InChI=1S/C7H7F2NO3S/c8-7(9)13-10-14(11,12)6-4-2-1-3-5-6/h1-5,7,10H. The molecule has 1 rings (SSSR count). The molecular weight excluding hydrogens is 216 g/mol. The molecule has 14 heavy (non-hydrogen) atoms. The fourth-order valence-corrected chi connectivity index (χ4v) is 1.56. The van der Waals surface area contributed by atoms with Crippen LogP contribution < -0.4 is 4.89 Å². The number of alkyl halides is 2. The first kappa shape index (κ1) is 11.0. The molecule has 0 amide bonds. The predicted molar refractivity (Wildman–Crippen MR) is 43.9 cm³/mol. The monoisotopic (exact) mass is 223 g/mol. The normalized spacial score (nSPS) is 11.9. The molecule has 0 bridgehead atoms. The van der Waals surface area contributed by atoms with Gasteiger partial charge < -0.3 is 0 Å². The zero-order valence-corrected chi connectivity index (χ0v) is 7.67. The second kappa shape index (κ2) is 4.45. The Hall–Kier alpha value is -1.05. The van der Waals surface area contributed by atoms with Crippen LogP contribution in [0, 0.1) is 0 Å². The van der Waals surface area contributed by atoms with Gasteiger partial charge in [0.05, 0.1) is 4.90 Å². The lowest BCUT2D eigenvalue weighted by atomic mass is 10.4. The van der Waals surface area contributed by atoms with Crippen molar-refractivity contribution in [2.45, 2.75) is 11.5 Å². The summed E-state index contributed by atoms with van der Waals surface area (Å²) in [4.78, 5) is 4.65. The Kier molecular flexibility index (Phi) is 3.50. The maximum atomic E-state index is 11.5. The number of hydrogen-bond donors (Lipinski definition) is 1. The van der Waals surface area contributed by atoms with Gasteiger partial charge in [-0.15, -0.1) is 0 Å². The molecule has 0 saturated heterocycles. The highest BCUT2D eigenvalue weighted by molar-refractivity contribution is 7.89. The lowest BCUT2D eigenvalue weighted by Crippen LogP contribution is -2.26. The third kappa shape index (κ3) is 3.02. The lowest BCUT2D eigenvalue weighted by Gasteiger charge is -2.05. The smallest absolute Gasteiger partial charge is 0.219 e. The molecule has 0 fully saturated rings. The maximum Gasteiger partial charge on any atom is 0.361 e. The highest BCUT2D eigenvalue weighted by atomic mass is 32.2. The fraction of sp³-hybridized carbons (Fsp3) is 0.143. The third-order valence-electron chi connectivity index (χ3n) is 1.30. The van der Waals surface area contributed by atoms with Crippen LogP contribution in [0.4, 0.5) is 8.78 Å². The molecule has 1 aromatic carbocycles. The number of hydrogen-bond acceptors (Lipinski definition) is 3. The Labute approximate surface area is 79.5 Å². The van der Waals surface area contributed by atoms with Gasteiger partial charge in [0.25, 0.3) is 10.0 Å². The van der Waals surface area contributed by atoms with Crippen LogP contribution in [0.25, 0.3) is 0 Å². The van der Waals surface area contributed by atoms with Crippen LogP contribution in [0.3, 0.4) is 0 Å². The van der Waals surface area contributed by atoms with E-state index in [1.165, 1.54) is 29.2 Å². The Morgan fingerprint density at radius 1 is 1.21 bits per heavy atom. The van der Waals surface area contributed by atoms with Crippen molar-refractivity contribution in [3.05, 3.63) is 30.3 Å². The van der Waals surface area contributed by atoms with Crippen molar-refractivity contribution in [3.63, 3.8) is 0 Å².